The van der Waals surface area contributed by atoms with Crippen LogP contribution in [0.4, 0.5) is 8.78 Å². The van der Waals surface area contributed by atoms with E-state index in [2.05, 4.69) is 0 Å². The molecule has 0 heterocycles. The molecule has 0 atom stereocenters. The maximum Gasteiger partial charge on any atom is 0.389 e. The highest BCUT2D eigenvalue weighted by atomic mass is 28.3. The van der Waals surface area contributed by atoms with Gasteiger partial charge in [-0.3, -0.25) is 0 Å². The predicted molar refractivity (Wildman–Crippen MR) is 59.1 cm³/mol. The maximum atomic E-state index is 13.4. The molecule has 1 aromatic carbocycles. The first kappa shape index (κ1) is 13.3. The normalized spacial score (nSPS) is 11.1. The quantitative estimate of drug-likeness (QED) is 0.717. The molecule has 0 bridgehead atoms. The zero-order chi connectivity index (χ0) is 12.0. The van der Waals surface area contributed by atoms with Gasteiger partial charge in [-0.15, -0.1) is 0 Å². The van der Waals surface area contributed by atoms with Gasteiger partial charge in [-0.1, -0.05) is 6.07 Å². The van der Waals surface area contributed by atoms with Crippen molar-refractivity contribution in [3.63, 3.8) is 0 Å². The van der Waals surface area contributed by atoms with Crippen molar-refractivity contribution in [1.82, 2.24) is 0 Å². The van der Waals surface area contributed by atoms with Crippen LogP contribution >= 0.6 is 0 Å². The van der Waals surface area contributed by atoms with E-state index in [1.165, 1.54) is 12.1 Å². The average molecular weight is 245 g/mol. The lowest BCUT2D eigenvalue weighted by Gasteiger charge is -2.13. The van der Waals surface area contributed by atoms with Crippen molar-refractivity contribution >= 4 is 9.28 Å². The van der Waals surface area contributed by atoms with Crippen LogP contribution < -0.4 is 0 Å². The summed E-state index contributed by atoms with van der Waals surface area (Å²) in [5, 5.41) is 0. The Kier molecular flexibility index (Phi) is 5.58. The molecule has 0 aliphatic carbocycles. The number of halogens is 2. The van der Waals surface area contributed by atoms with Gasteiger partial charge in [-0.25, -0.2) is 8.78 Å². The van der Waals surface area contributed by atoms with Crippen LogP contribution in [-0.2, 0) is 14.9 Å². The van der Waals surface area contributed by atoms with Crippen molar-refractivity contribution in [3.8, 4) is 0 Å². The van der Waals surface area contributed by atoms with Gasteiger partial charge < -0.3 is 8.85 Å². The number of hydrogen-bond donors (Lipinski definition) is 0. The van der Waals surface area contributed by atoms with Gasteiger partial charge in [-0.2, -0.15) is 0 Å². The Morgan fingerprint density at radius 1 is 1.12 bits per heavy atom. The maximum absolute atomic E-state index is 13.4. The van der Waals surface area contributed by atoms with Crippen molar-refractivity contribution in [2.45, 2.75) is 19.9 Å². The zero-order valence-electron chi connectivity index (χ0n) is 9.43. The summed E-state index contributed by atoms with van der Waals surface area (Å²) in [5.74, 6) is -1.11. The topological polar surface area (TPSA) is 18.5 Å². The summed E-state index contributed by atoms with van der Waals surface area (Å²) in [6, 6.07) is 3.95. The molecule has 0 amide bonds. The second-order valence-corrected chi connectivity index (χ2v) is 4.83. The third-order valence-corrected chi connectivity index (χ3v) is 3.85. The Balaban J connectivity index is 2.68. The molecule has 0 saturated carbocycles. The van der Waals surface area contributed by atoms with Gasteiger partial charge in [0.15, 0.2) is 0 Å². The van der Waals surface area contributed by atoms with Gasteiger partial charge in [0.25, 0.3) is 0 Å². The SMILES string of the molecule is CCO[Si](Cc1ccc(F)cc1F)OCC. The molecular weight excluding hydrogens is 230 g/mol. The first-order chi connectivity index (χ1) is 7.67. The van der Waals surface area contributed by atoms with E-state index >= 15 is 0 Å². The van der Waals surface area contributed by atoms with Crippen LogP contribution in [0.15, 0.2) is 18.2 Å². The van der Waals surface area contributed by atoms with Crippen LogP contribution in [0.3, 0.4) is 0 Å². The van der Waals surface area contributed by atoms with Gasteiger partial charge in [0, 0.05) is 25.3 Å². The van der Waals surface area contributed by atoms with Crippen molar-refractivity contribution in [2.75, 3.05) is 13.2 Å². The summed E-state index contributed by atoms with van der Waals surface area (Å²) in [5.41, 5.74) is 0.442. The molecule has 2 nitrogen and oxygen atoms in total. The fraction of sp³-hybridized carbons (Fsp3) is 0.455. The third kappa shape index (κ3) is 4.00. The molecule has 5 heteroatoms. The lowest BCUT2D eigenvalue weighted by atomic mass is 10.2. The van der Waals surface area contributed by atoms with E-state index in [1.54, 1.807) is 0 Å². The van der Waals surface area contributed by atoms with Gasteiger partial charge in [0.2, 0.25) is 0 Å². The Hall–Kier alpha value is -0.783. The Labute approximate surface area is 96.0 Å². The summed E-state index contributed by atoms with van der Waals surface area (Å²) in [4.78, 5) is 0. The van der Waals surface area contributed by atoms with E-state index in [0.29, 0.717) is 24.8 Å². The zero-order valence-corrected chi connectivity index (χ0v) is 10.4. The van der Waals surface area contributed by atoms with Gasteiger partial charge >= 0.3 is 9.28 Å². The molecule has 0 spiro atoms. The molecular formula is C11H15F2O2Si. The highest BCUT2D eigenvalue weighted by molar-refractivity contribution is 6.43. The largest absolute Gasteiger partial charge is 0.393 e. The minimum Gasteiger partial charge on any atom is -0.393 e. The predicted octanol–water partition coefficient (Wildman–Crippen LogP) is 2.61. The second kappa shape index (κ2) is 6.73. The summed E-state index contributed by atoms with van der Waals surface area (Å²) in [7, 11) is -1.50. The minimum absolute atomic E-state index is 0.387. The van der Waals surface area contributed by atoms with Crippen LogP contribution in [0.25, 0.3) is 0 Å². The molecule has 0 saturated heterocycles. The Bertz CT molecular complexity index is 328. The van der Waals surface area contributed by atoms with E-state index in [9.17, 15) is 8.78 Å². The number of rotatable bonds is 6. The average Bonchev–Trinajstić information content (AvgIpc) is 2.23. The van der Waals surface area contributed by atoms with Gasteiger partial charge in [-0.05, 0) is 25.5 Å². The summed E-state index contributed by atoms with van der Waals surface area (Å²) in [6.45, 7) is 4.81. The van der Waals surface area contributed by atoms with Crippen LogP contribution in [0.2, 0.25) is 0 Å². The summed E-state index contributed by atoms with van der Waals surface area (Å²) >= 11 is 0. The molecule has 1 aromatic rings. The van der Waals surface area contributed by atoms with E-state index < -0.39 is 20.9 Å². The van der Waals surface area contributed by atoms with E-state index in [1.807, 2.05) is 13.8 Å². The van der Waals surface area contributed by atoms with Crippen molar-refractivity contribution in [2.24, 2.45) is 0 Å². The third-order valence-electron chi connectivity index (χ3n) is 1.96. The van der Waals surface area contributed by atoms with Crippen LogP contribution in [0.1, 0.15) is 19.4 Å². The Morgan fingerprint density at radius 3 is 2.25 bits per heavy atom. The van der Waals surface area contributed by atoms with E-state index in [-0.39, 0.29) is 0 Å². The van der Waals surface area contributed by atoms with Gasteiger partial charge in [0.1, 0.15) is 11.6 Å². The molecule has 1 rings (SSSR count). The summed E-state index contributed by atoms with van der Waals surface area (Å²) < 4.78 is 36.8. The molecule has 1 radical (unpaired) electrons. The number of hydrogen-bond acceptors (Lipinski definition) is 2. The number of benzene rings is 1. The van der Waals surface area contributed by atoms with Crippen LogP contribution in [0, 0.1) is 11.6 Å². The molecule has 0 aliphatic rings. The molecule has 0 fully saturated rings. The standard InChI is InChI=1S/C11H15F2O2Si/c1-3-14-16(15-4-2)8-9-5-6-10(12)7-11(9)13/h5-7H,3-4,8H2,1-2H3. The first-order valence-electron chi connectivity index (χ1n) is 5.22. The smallest absolute Gasteiger partial charge is 0.389 e. The molecule has 89 valence electrons. The van der Waals surface area contributed by atoms with Crippen LogP contribution in [-0.4, -0.2) is 22.5 Å². The second-order valence-electron chi connectivity index (χ2n) is 3.15. The van der Waals surface area contributed by atoms with E-state index in [4.69, 9.17) is 8.85 Å². The van der Waals surface area contributed by atoms with Crippen molar-refractivity contribution < 1.29 is 17.6 Å². The van der Waals surface area contributed by atoms with Crippen molar-refractivity contribution in [3.05, 3.63) is 35.4 Å². The monoisotopic (exact) mass is 245 g/mol. The van der Waals surface area contributed by atoms with E-state index in [0.717, 1.165) is 6.07 Å². The molecule has 16 heavy (non-hydrogen) atoms. The minimum atomic E-state index is -1.50. The molecule has 0 N–H and O–H groups in total. The first-order valence-corrected chi connectivity index (χ1v) is 6.75. The lowest BCUT2D eigenvalue weighted by molar-refractivity contribution is 0.212. The Morgan fingerprint density at radius 2 is 1.75 bits per heavy atom. The van der Waals surface area contributed by atoms with Crippen molar-refractivity contribution in [1.29, 1.82) is 0 Å². The lowest BCUT2D eigenvalue weighted by Crippen LogP contribution is -2.26. The highest BCUT2D eigenvalue weighted by Gasteiger charge is 2.18. The fourth-order valence-electron chi connectivity index (χ4n) is 1.29. The molecule has 0 aliphatic heterocycles. The van der Waals surface area contributed by atoms with Gasteiger partial charge in [0.05, 0.1) is 0 Å². The highest BCUT2D eigenvalue weighted by Crippen LogP contribution is 2.12. The molecule has 0 unspecified atom stereocenters. The van der Waals surface area contributed by atoms with Crippen LogP contribution in [0.5, 0.6) is 0 Å². The summed E-state index contributed by atoms with van der Waals surface area (Å²) in [6.07, 6.45) is 0. The molecule has 0 aromatic heterocycles. The fourth-order valence-corrected chi connectivity index (χ4v) is 2.82.